The van der Waals surface area contributed by atoms with Crippen LogP contribution in [-0.4, -0.2) is 42.3 Å². The Hall–Kier alpha value is -5.10. The van der Waals surface area contributed by atoms with Gasteiger partial charge in [0, 0.05) is 36.5 Å². The second-order valence-electron chi connectivity index (χ2n) is 8.29. The molecule has 1 unspecified atom stereocenters. The van der Waals surface area contributed by atoms with Crippen molar-refractivity contribution in [1.29, 1.82) is 10.9 Å². The van der Waals surface area contributed by atoms with E-state index in [1.807, 2.05) is 12.1 Å². The molecule has 6 N–H and O–H groups in total. The number of carboxylic acid groups (broad SMARTS) is 1. The number of carbonyl (C=O) groups is 3. The van der Waals surface area contributed by atoms with Crippen molar-refractivity contribution < 1.29 is 23.9 Å². The maximum Gasteiger partial charge on any atom is 0.335 e. The summed E-state index contributed by atoms with van der Waals surface area (Å²) < 4.78 is 14.8. The molecule has 0 saturated carbocycles. The molecule has 3 aromatic rings. The average molecular weight is 566 g/mol. The molecule has 13 heteroatoms. The third kappa shape index (κ3) is 7.48. The van der Waals surface area contributed by atoms with Crippen LogP contribution < -0.4 is 21.0 Å². The number of anilines is 3. The minimum Gasteiger partial charge on any atom is -0.478 e. The number of hydrogen-bond donors (Lipinski definition) is 6. The smallest absolute Gasteiger partial charge is 0.335 e. The number of rotatable bonds is 12. The summed E-state index contributed by atoms with van der Waals surface area (Å²) in [6.45, 7) is 0. The molecule has 206 valence electrons. The van der Waals surface area contributed by atoms with Crippen LogP contribution in [-0.2, 0) is 16.0 Å². The first-order valence-corrected chi connectivity index (χ1v) is 12.1. The Kier molecular flexibility index (Phi) is 10.0. The van der Waals surface area contributed by atoms with Crippen LogP contribution >= 0.6 is 11.6 Å². The maximum absolute atomic E-state index is 14.8. The fourth-order valence-corrected chi connectivity index (χ4v) is 3.79. The van der Waals surface area contributed by atoms with Crippen LogP contribution in [0.1, 0.15) is 21.5 Å². The van der Waals surface area contributed by atoms with Crippen LogP contribution in [0.3, 0.4) is 0 Å². The van der Waals surface area contributed by atoms with E-state index in [0.29, 0.717) is 12.0 Å². The lowest BCUT2D eigenvalue weighted by atomic mass is 10.0. The molecule has 1 atom stereocenters. The van der Waals surface area contributed by atoms with Gasteiger partial charge in [-0.1, -0.05) is 29.0 Å². The Balaban J connectivity index is 1.86. The number of nitrogens with one attached hydrogen (secondary N) is 5. The summed E-state index contributed by atoms with van der Waals surface area (Å²) in [5.74, 6) is -3.30. The van der Waals surface area contributed by atoms with E-state index in [-0.39, 0.29) is 28.3 Å². The molecule has 40 heavy (non-hydrogen) atoms. The standard InChI is InChI=1S/C27H25ClFN7O4/c1-32-18-6-2-16(3-7-18)14-22(26(38)33-19-8-4-17(5-9-19)27(39)40)34-24(37)13-10-20-23(36(15-30)35-31)12-11-21(28)25(20)29/h2-13,15,22,30-32H,14H2,1H3,(H,33,38)(H,34,37)(H,39,40)/b13-10+,30-15?,35-31?. The molecule has 11 nitrogen and oxygen atoms in total. The monoisotopic (exact) mass is 565 g/mol. The zero-order valence-corrected chi connectivity index (χ0v) is 21.9. The van der Waals surface area contributed by atoms with Crippen molar-refractivity contribution >= 4 is 58.9 Å². The molecule has 0 spiro atoms. The fraction of sp³-hybridized carbons (Fsp3) is 0.111. The molecule has 0 bridgehead atoms. The molecule has 3 rings (SSSR count). The van der Waals surface area contributed by atoms with Crippen molar-refractivity contribution in [2.75, 3.05) is 22.7 Å². The Morgan fingerprint density at radius 1 is 1.07 bits per heavy atom. The van der Waals surface area contributed by atoms with Gasteiger partial charge in [-0.25, -0.2) is 14.2 Å². The molecular weight excluding hydrogens is 541 g/mol. The van der Waals surface area contributed by atoms with Crippen molar-refractivity contribution in [2.45, 2.75) is 12.5 Å². The van der Waals surface area contributed by atoms with Gasteiger partial charge in [-0.05, 0) is 60.2 Å². The van der Waals surface area contributed by atoms with Gasteiger partial charge in [-0.3, -0.25) is 15.0 Å². The number of carbonyl (C=O) groups excluding carboxylic acids is 2. The van der Waals surface area contributed by atoms with E-state index in [2.05, 4.69) is 21.2 Å². The average Bonchev–Trinajstić information content (AvgIpc) is 2.95. The summed E-state index contributed by atoms with van der Waals surface area (Å²) in [6, 6.07) is 14.2. The highest BCUT2D eigenvalue weighted by Crippen LogP contribution is 2.29. The SMILES string of the molecule is CNc1ccc(CC(NC(=O)/C=C/c2c(N(C=N)N=N)ccc(Cl)c2F)C(=O)Nc2ccc(C(=O)O)cc2)cc1. The van der Waals surface area contributed by atoms with Gasteiger partial charge in [0.2, 0.25) is 11.8 Å². The van der Waals surface area contributed by atoms with Crippen molar-refractivity contribution in [3.8, 4) is 0 Å². The molecule has 0 saturated heterocycles. The van der Waals surface area contributed by atoms with E-state index >= 15 is 0 Å². The fourth-order valence-electron chi connectivity index (χ4n) is 3.62. The van der Waals surface area contributed by atoms with Gasteiger partial charge in [-0.2, -0.15) is 5.53 Å². The van der Waals surface area contributed by atoms with Crippen LogP contribution in [0.25, 0.3) is 6.08 Å². The largest absolute Gasteiger partial charge is 0.478 e. The Bertz CT molecular complexity index is 1440. The molecule has 0 aromatic heterocycles. The first-order chi connectivity index (χ1) is 19.2. The number of benzene rings is 3. The maximum atomic E-state index is 14.8. The lowest BCUT2D eigenvalue weighted by Gasteiger charge is -2.18. The lowest BCUT2D eigenvalue weighted by molar-refractivity contribution is -0.123. The van der Waals surface area contributed by atoms with Crippen LogP contribution in [0, 0.1) is 16.8 Å². The minimum absolute atomic E-state index is 0.000302. The normalized spacial score (nSPS) is 11.4. The number of halogens is 2. The number of carboxylic acids is 1. The zero-order valence-electron chi connectivity index (χ0n) is 21.1. The summed E-state index contributed by atoms with van der Waals surface area (Å²) >= 11 is 5.88. The highest BCUT2D eigenvalue weighted by atomic mass is 35.5. The Labute approximate surface area is 233 Å². The van der Waals surface area contributed by atoms with Gasteiger partial charge < -0.3 is 21.1 Å². The van der Waals surface area contributed by atoms with Crippen molar-refractivity contribution in [2.24, 2.45) is 5.22 Å². The molecule has 3 aromatic carbocycles. The molecular formula is C27H25ClFN7O4. The zero-order chi connectivity index (χ0) is 29.2. The van der Waals surface area contributed by atoms with Crippen molar-refractivity contribution in [3.05, 3.63) is 94.3 Å². The van der Waals surface area contributed by atoms with Gasteiger partial charge >= 0.3 is 5.97 Å². The van der Waals surface area contributed by atoms with Crippen LogP contribution in [0.5, 0.6) is 0 Å². The second-order valence-corrected chi connectivity index (χ2v) is 8.69. The summed E-state index contributed by atoms with van der Waals surface area (Å²) in [4.78, 5) is 37.2. The number of nitrogens with zero attached hydrogens (tertiary/aromatic N) is 2. The second kappa shape index (κ2) is 13.6. The molecule has 0 aliphatic rings. The predicted octanol–water partition coefficient (Wildman–Crippen LogP) is 4.96. The van der Waals surface area contributed by atoms with Crippen LogP contribution in [0.4, 0.5) is 21.5 Å². The van der Waals surface area contributed by atoms with E-state index < -0.39 is 29.6 Å². The number of hydrogen-bond acceptors (Lipinski definition) is 7. The van der Waals surface area contributed by atoms with Gasteiger partial charge in [-0.15, -0.1) is 0 Å². The third-order valence-electron chi connectivity index (χ3n) is 5.70. The van der Waals surface area contributed by atoms with Gasteiger partial charge in [0.05, 0.1) is 16.3 Å². The lowest BCUT2D eigenvalue weighted by Crippen LogP contribution is -2.44. The molecule has 0 radical (unpaired) electrons. The van der Waals surface area contributed by atoms with E-state index in [4.69, 9.17) is 27.6 Å². The van der Waals surface area contributed by atoms with Gasteiger partial charge in [0.15, 0.2) is 5.82 Å². The Morgan fingerprint density at radius 3 is 2.30 bits per heavy atom. The molecule has 0 heterocycles. The highest BCUT2D eigenvalue weighted by molar-refractivity contribution is 6.31. The summed E-state index contributed by atoms with van der Waals surface area (Å²) in [7, 11) is 1.76. The minimum atomic E-state index is -1.11. The van der Waals surface area contributed by atoms with Gasteiger partial charge in [0.1, 0.15) is 12.4 Å². The molecule has 0 fully saturated rings. The van der Waals surface area contributed by atoms with Crippen molar-refractivity contribution in [3.63, 3.8) is 0 Å². The third-order valence-corrected chi connectivity index (χ3v) is 5.99. The van der Waals surface area contributed by atoms with Crippen molar-refractivity contribution in [1.82, 2.24) is 5.32 Å². The number of amides is 2. The highest BCUT2D eigenvalue weighted by Gasteiger charge is 2.22. The first-order valence-electron chi connectivity index (χ1n) is 11.7. The Morgan fingerprint density at radius 2 is 1.73 bits per heavy atom. The first kappa shape index (κ1) is 29.5. The van der Waals surface area contributed by atoms with Gasteiger partial charge in [0.25, 0.3) is 0 Å². The van der Waals surface area contributed by atoms with E-state index in [1.54, 1.807) is 19.2 Å². The summed E-state index contributed by atoms with van der Waals surface area (Å²) in [5, 5.41) is 28.4. The summed E-state index contributed by atoms with van der Waals surface area (Å²) in [5.41, 5.74) is 8.97. The van der Waals surface area contributed by atoms with Crippen LogP contribution in [0.15, 0.2) is 72.0 Å². The molecule has 0 aliphatic heterocycles. The molecule has 0 aliphatic carbocycles. The quantitative estimate of drug-likeness (QED) is 0.0595. The summed E-state index contributed by atoms with van der Waals surface area (Å²) in [6.07, 6.45) is 2.90. The van der Waals surface area contributed by atoms with E-state index in [9.17, 15) is 18.8 Å². The van der Waals surface area contributed by atoms with E-state index in [1.165, 1.54) is 36.4 Å². The molecule has 2 amide bonds. The van der Waals surface area contributed by atoms with Crippen LogP contribution in [0.2, 0.25) is 5.02 Å². The predicted molar refractivity (Wildman–Crippen MR) is 151 cm³/mol. The topological polar surface area (TPSA) is 171 Å². The number of aromatic carboxylic acids is 1. The van der Waals surface area contributed by atoms with E-state index in [0.717, 1.165) is 28.4 Å².